The number of oxazole rings is 1. The molecule has 0 aliphatic rings. The number of carbonyl (C=O) groups excluding carboxylic acids is 1. The van der Waals surface area contributed by atoms with Crippen molar-refractivity contribution < 1.29 is 9.21 Å². The van der Waals surface area contributed by atoms with Crippen LogP contribution >= 0.6 is 34.0 Å². The van der Waals surface area contributed by atoms with Gasteiger partial charge in [0.1, 0.15) is 5.76 Å². The number of nitrogens with zero attached hydrogens (tertiary/aromatic N) is 2. The van der Waals surface area contributed by atoms with E-state index in [4.69, 9.17) is 4.42 Å². The highest BCUT2D eigenvalue weighted by Crippen LogP contribution is 2.30. The second kappa shape index (κ2) is 7.14. The Bertz CT molecular complexity index is 1040. The van der Waals surface area contributed by atoms with Crippen molar-refractivity contribution in [2.45, 2.75) is 20.3 Å². The number of aryl methyl sites for hydroxylation is 2. The maximum absolute atomic E-state index is 12.4. The zero-order valence-corrected chi connectivity index (χ0v) is 16.6. The van der Waals surface area contributed by atoms with Gasteiger partial charge in [0, 0.05) is 10.3 Å². The molecule has 26 heavy (non-hydrogen) atoms. The molecule has 0 unspecified atom stereocenters. The van der Waals surface area contributed by atoms with Crippen LogP contribution in [0.3, 0.4) is 0 Å². The van der Waals surface area contributed by atoms with Crippen LogP contribution in [-0.2, 0) is 11.2 Å². The van der Waals surface area contributed by atoms with Crippen LogP contribution < -0.4 is 5.32 Å². The summed E-state index contributed by atoms with van der Waals surface area (Å²) in [5.41, 5.74) is 1.54. The summed E-state index contributed by atoms with van der Waals surface area (Å²) in [6, 6.07) is 8.01. The highest BCUT2D eigenvalue weighted by atomic mass is 32.1. The number of hydrogen-bond donors (Lipinski definition) is 1. The molecule has 4 rings (SSSR count). The summed E-state index contributed by atoms with van der Waals surface area (Å²) >= 11 is 4.67. The molecular weight excluding hydrogens is 386 g/mol. The van der Waals surface area contributed by atoms with Crippen LogP contribution in [0.5, 0.6) is 0 Å². The molecule has 0 atom stereocenters. The van der Waals surface area contributed by atoms with E-state index in [0.29, 0.717) is 22.5 Å². The Hall–Kier alpha value is -2.29. The number of anilines is 1. The summed E-state index contributed by atoms with van der Waals surface area (Å²) < 4.78 is 5.68. The Morgan fingerprint density at radius 1 is 1.15 bits per heavy atom. The van der Waals surface area contributed by atoms with Gasteiger partial charge in [-0.1, -0.05) is 6.07 Å². The lowest BCUT2D eigenvalue weighted by atomic mass is 10.2. The molecule has 132 valence electrons. The van der Waals surface area contributed by atoms with Crippen LogP contribution in [0.25, 0.3) is 21.3 Å². The van der Waals surface area contributed by atoms with Gasteiger partial charge in [-0.2, -0.15) is 0 Å². The van der Waals surface area contributed by atoms with E-state index in [2.05, 4.69) is 28.3 Å². The van der Waals surface area contributed by atoms with E-state index < -0.39 is 0 Å². The summed E-state index contributed by atoms with van der Waals surface area (Å²) in [6.45, 7) is 3.89. The zero-order valence-electron chi connectivity index (χ0n) is 14.1. The summed E-state index contributed by atoms with van der Waals surface area (Å²) in [7, 11) is 0. The topological polar surface area (TPSA) is 68.0 Å². The maximum atomic E-state index is 12.4. The van der Waals surface area contributed by atoms with Crippen LogP contribution in [0, 0.1) is 13.8 Å². The largest absolute Gasteiger partial charge is 0.440 e. The minimum Gasteiger partial charge on any atom is -0.440 e. The van der Waals surface area contributed by atoms with Crippen molar-refractivity contribution in [1.82, 2.24) is 9.97 Å². The third kappa shape index (κ3) is 3.62. The molecule has 0 radical (unpaired) electrons. The Labute approximate surface area is 162 Å². The standard InChI is InChI=1S/C18H15N3O2S3/c1-10-5-6-14(26-10)13-9-25-18(20-13)21-16(22)8-12-11(2)23-17(19-12)15-4-3-7-24-15/h3-7,9H,8H2,1-2H3,(H,20,21,22). The molecular formula is C18H15N3O2S3. The molecule has 0 saturated heterocycles. The van der Waals surface area contributed by atoms with Gasteiger partial charge in [0.25, 0.3) is 0 Å². The molecule has 0 aliphatic heterocycles. The number of carbonyl (C=O) groups is 1. The van der Waals surface area contributed by atoms with Crippen molar-refractivity contribution in [3.05, 3.63) is 51.4 Å². The lowest BCUT2D eigenvalue weighted by Crippen LogP contribution is -2.15. The van der Waals surface area contributed by atoms with E-state index in [0.717, 1.165) is 15.4 Å². The summed E-state index contributed by atoms with van der Waals surface area (Å²) in [5, 5.41) is 7.37. The van der Waals surface area contributed by atoms with E-state index in [1.165, 1.54) is 16.2 Å². The van der Waals surface area contributed by atoms with Gasteiger partial charge in [0.15, 0.2) is 5.13 Å². The molecule has 0 bridgehead atoms. The van der Waals surface area contributed by atoms with E-state index in [1.807, 2.05) is 35.9 Å². The first-order valence-corrected chi connectivity index (χ1v) is 10.5. The van der Waals surface area contributed by atoms with Crippen LogP contribution in [0.15, 0.2) is 39.4 Å². The Morgan fingerprint density at radius 3 is 2.77 bits per heavy atom. The van der Waals surface area contributed by atoms with Gasteiger partial charge in [0.2, 0.25) is 11.8 Å². The highest BCUT2D eigenvalue weighted by Gasteiger charge is 2.16. The Balaban J connectivity index is 1.44. The minimum absolute atomic E-state index is 0.151. The fraction of sp³-hybridized carbons (Fsp3) is 0.167. The van der Waals surface area contributed by atoms with Crippen LogP contribution in [0.4, 0.5) is 5.13 Å². The molecule has 0 aromatic carbocycles. The number of amides is 1. The fourth-order valence-corrected chi connectivity index (χ4v) is 4.71. The maximum Gasteiger partial charge on any atom is 0.236 e. The number of thiazole rings is 1. The summed E-state index contributed by atoms with van der Waals surface area (Å²) in [6.07, 6.45) is 0.160. The molecule has 0 aliphatic carbocycles. The number of aromatic nitrogens is 2. The van der Waals surface area contributed by atoms with Gasteiger partial charge >= 0.3 is 0 Å². The second-order valence-electron chi connectivity index (χ2n) is 5.67. The van der Waals surface area contributed by atoms with Gasteiger partial charge in [-0.05, 0) is 37.4 Å². The Kier molecular flexibility index (Phi) is 4.71. The molecule has 0 saturated carbocycles. The van der Waals surface area contributed by atoms with Gasteiger partial charge in [-0.25, -0.2) is 9.97 Å². The van der Waals surface area contributed by atoms with E-state index in [1.54, 1.807) is 22.7 Å². The molecule has 4 aromatic rings. The van der Waals surface area contributed by atoms with E-state index in [-0.39, 0.29) is 12.3 Å². The first-order chi connectivity index (χ1) is 12.6. The average molecular weight is 402 g/mol. The second-order valence-corrected chi connectivity index (χ2v) is 8.77. The van der Waals surface area contributed by atoms with E-state index in [9.17, 15) is 4.79 Å². The normalized spacial score (nSPS) is 11.0. The van der Waals surface area contributed by atoms with Crippen molar-refractivity contribution in [3.63, 3.8) is 0 Å². The molecule has 1 amide bonds. The van der Waals surface area contributed by atoms with Gasteiger partial charge < -0.3 is 9.73 Å². The molecule has 0 fully saturated rings. The van der Waals surface area contributed by atoms with E-state index >= 15 is 0 Å². The number of nitrogens with one attached hydrogen (secondary N) is 1. The van der Waals surface area contributed by atoms with Gasteiger partial charge in [0.05, 0.1) is 27.6 Å². The minimum atomic E-state index is -0.151. The number of hydrogen-bond acceptors (Lipinski definition) is 7. The smallest absolute Gasteiger partial charge is 0.236 e. The monoisotopic (exact) mass is 401 g/mol. The summed E-state index contributed by atoms with van der Waals surface area (Å²) in [4.78, 5) is 24.6. The highest BCUT2D eigenvalue weighted by molar-refractivity contribution is 7.17. The first-order valence-electron chi connectivity index (χ1n) is 7.91. The lowest BCUT2D eigenvalue weighted by Gasteiger charge is -1.99. The van der Waals surface area contributed by atoms with Crippen molar-refractivity contribution in [1.29, 1.82) is 0 Å². The molecule has 5 nitrogen and oxygen atoms in total. The third-order valence-electron chi connectivity index (χ3n) is 3.70. The summed E-state index contributed by atoms with van der Waals surface area (Å²) in [5.74, 6) is 1.07. The van der Waals surface area contributed by atoms with Crippen molar-refractivity contribution in [3.8, 4) is 21.3 Å². The predicted molar refractivity (Wildman–Crippen MR) is 107 cm³/mol. The third-order valence-corrected chi connectivity index (χ3v) is 6.33. The lowest BCUT2D eigenvalue weighted by molar-refractivity contribution is -0.115. The van der Waals surface area contributed by atoms with Gasteiger partial charge in [-0.15, -0.1) is 34.0 Å². The molecule has 8 heteroatoms. The number of rotatable bonds is 5. The Morgan fingerprint density at radius 2 is 2.04 bits per heavy atom. The van der Waals surface area contributed by atoms with Crippen molar-refractivity contribution in [2.24, 2.45) is 0 Å². The van der Waals surface area contributed by atoms with Crippen LogP contribution in [0.2, 0.25) is 0 Å². The van der Waals surface area contributed by atoms with Crippen molar-refractivity contribution in [2.75, 3.05) is 5.32 Å². The predicted octanol–water partition coefficient (Wildman–Crippen LogP) is 5.39. The number of thiophene rings is 2. The van der Waals surface area contributed by atoms with Crippen molar-refractivity contribution >= 4 is 45.0 Å². The quantitative estimate of drug-likeness (QED) is 0.487. The first kappa shape index (κ1) is 17.1. The molecule has 4 heterocycles. The average Bonchev–Trinajstić information content (AvgIpc) is 3.36. The fourth-order valence-electron chi connectivity index (χ4n) is 2.43. The van der Waals surface area contributed by atoms with Crippen LogP contribution in [-0.4, -0.2) is 15.9 Å². The molecule has 0 spiro atoms. The van der Waals surface area contributed by atoms with Crippen LogP contribution in [0.1, 0.15) is 16.3 Å². The zero-order chi connectivity index (χ0) is 18.1. The molecule has 1 N–H and O–H groups in total. The van der Waals surface area contributed by atoms with Gasteiger partial charge in [-0.3, -0.25) is 4.79 Å². The molecule has 4 aromatic heterocycles. The SMILES string of the molecule is Cc1ccc(-c2csc(NC(=O)Cc3nc(-c4cccs4)oc3C)n2)s1.